The second-order valence-corrected chi connectivity index (χ2v) is 8.26. The Bertz CT molecular complexity index is 1680. The van der Waals surface area contributed by atoms with E-state index in [9.17, 15) is 14.4 Å². The van der Waals surface area contributed by atoms with Crippen LogP contribution in [0.1, 0.15) is 0 Å². The number of rotatable bonds is 5. The lowest BCUT2D eigenvalue weighted by molar-refractivity contribution is -0.116. The van der Waals surface area contributed by atoms with E-state index >= 15 is 0 Å². The van der Waals surface area contributed by atoms with Gasteiger partial charge in [-0.25, -0.2) is 9.48 Å². The first-order valence-electron chi connectivity index (χ1n) is 10.7. The highest BCUT2D eigenvalue weighted by Crippen LogP contribution is 2.25. The molecule has 3 aromatic heterocycles. The normalized spacial score (nSPS) is 11.2. The minimum Gasteiger partial charge on any atom is -0.309 e. The molecule has 0 fully saturated rings. The van der Waals surface area contributed by atoms with Crippen LogP contribution in [0.3, 0.4) is 0 Å². The average molecular weight is 490 g/mol. The fraction of sp³-hybridized carbons (Fsp3) is 0.125. The Hall–Kier alpha value is -4.44. The third-order valence-corrected chi connectivity index (χ3v) is 5.94. The number of hydrogen-bond acceptors (Lipinski definition) is 5. The number of carbonyl (C=O) groups excluding carboxylic acids is 1. The van der Waals surface area contributed by atoms with Crippen LogP contribution in [0, 0.1) is 0 Å². The van der Waals surface area contributed by atoms with E-state index in [1.807, 2.05) is 60.7 Å². The molecular formula is C24H20ClN7O3. The first-order chi connectivity index (χ1) is 16.8. The van der Waals surface area contributed by atoms with Gasteiger partial charge in [0.05, 0.1) is 11.4 Å². The standard InChI is InChI=1S/C24H20ClN7O3/c1-29-21-20(22(34)30(2)24(29)35)31(23(25)27-21)14-19(33)26-18-13-17(15-9-5-3-6-10-15)28-32(18)16-11-7-4-8-12-16/h3-13H,14H2,1-2H3,(H,26,33). The Kier molecular flexibility index (Phi) is 5.58. The molecule has 11 heteroatoms. The molecule has 0 aliphatic rings. The van der Waals surface area contributed by atoms with E-state index < -0.39 is 17.2 Å². The van der Waals surface area contributed by atoms with Gasteiger partial charge in [-0.05, 0) is 23.7 Å². The largest absolute Gasteiger partial charge is 0.332 e. The minimum atomic E-state index is -0.587. The number of aromatic nitrogens is 6. The van der Waals surface area contributed by atoms with E-state index in [2.05, 4.69) is 15.4 Å². The molecule has 0 aliphatic carbocycles. The number of nitrogens with zero attached hydrogens (tertiary/aromatic N) is 6. The summed E-state index contributed by atoms with van der Waals surface area (Å²) in [5.41, 5.74) is 1.39. The molecule has 0 aliphatic heterocycles. The Morgan fingerprint density at radius 1 is 0.971 bits per heavy atom. The van der Waals surface area contributed by atoms with Crippen LogP contribution in [0.15, 0.2) is 76.3 Å². The van der Waals surface area contributed by atoms with E-state index in [1.54, 1.807) is 10.7 Å². The van der Waals surface area contributed by atoms with Crippen molar-refractivity contribution in [2.75, 3.05) is 5.32 Å². The molecule has 0 saturated carbocycles. The van der Waals surface area contributed by atoms with Crippen LogP contribution in [0.5, 0.6) is 0 Å². The Balaban J connectivity index is 1.53. The highest BCUT2D eigenvalue weighted by molar-refractivity contribution is 6.29. The molecule has 0 bridgehead atoms. The smallest absolute Gasteiger partial charge is 0.309 e. The zero-order valence-corrected chi connectivity index (χ0v) is 19.6. The molecule has 35 heavy (non-hydrogen) atoms. The second kappa shape index (κ2) is 8.73. The van der Waals surface area contributed by atoms with Crippen molar-refractivity contribution in [3.05, 3.63) is 92.9 Å². The van der Waals surface area contributed by atoms with Crippen LogP contribution in [0.25, 0.3) is 28.1 Å². The zero-order chi connectivity index (χ0) is 24.7. The summed E-state index contributed by atoms with van der Waals surface area (Å²) in [5, 5.41) is 7.47. The van der Waals surface area contributed by atoms with Gasteiger partial charge in [0.15, 0.2) is 11.2 Å². The van der Waals surface area contributed by atoms with Gasteiger partial charge in [0, 0.05) is 25.7 Å². The van der Waals surface area contributed by atoms with Crippen molar-refractivity contribution in [1.82, 2.24) is 28.5 Å². The van der Waals surface area contributed by atoms with Crippen LogP contribution in [0.4, 0.5) is 5.82 Å². The van der Waals surface area contributed by atoms with Gasteiger partial charge in [0.25, 0.3) is 5.56 Å². The van der Waals surface area contributed by atoms with Gasteiger partial charge in [-0.1, -0.05) is 48.5 Å². The number of anilines is 1. The molecule has 0 atom stereocenters. The van der Waals surface area contributed by atoms with Crippen LogP contribution in [0.2, 0.25) is 5.28 Å². The van der Waals surface area contributed by atoms with Gasteiger partial charge in [0.2, 0.25) is 11.2 Å². The molecule has 1 N–H and O–H groups in total. The van der Waals surface area contributed by atoms with Gasteiger partial charge < -0.3 is 5.32 Å². The zero-order valence-electron chi connectivity index (χ0n) is 18.8. The van der Waals surface area contributed by atoms with Gasteiger partial charge in [-0.15, -0.1) is 0 Å². The SMILES string of the molecule is Cn1c(=O)c2c(nc(Cl)n2CC(=O)Nc2cc(-c3ccccc3)nn2-c2ccccc2)n(C)c1=O. The molecular weight excluding hydrogens is 470 g/mol. The fourth-order valence-corrected chi connectivity index (χ4v) is 4.10. The number of halogens is 1. The van der Waals surface area contributed by atoms with Crippen LogP contribution in [-0.2, 0) is 25.4 Å². The maximum absolute atomic E-state index is 13.1. The molecule has 0 spiro atoms. The number of hydrogen-bond donors (Lipinski definition) is 1. The maximum Gasteiger partial charge on any atom is 0.332 e. The van der Waals surface area contributed by atoms with Crippen molar-refractivity contribution >= 4 is 34.5 Å². The summed E-state index contributed by atoms with van der Waals surface area (Å²) in [4.78, 5) is 42.2. The maximum atomic E-state index is 13.1. The molecule has 10 nitrogen and oxygen atoms in total. The predicted octanol–water partition coefficient (Wildman–Crippen LogP) is 2.58. The number of benzene rings is 2. The van der Waals surface area contributed by atoms with Crippen molar-refractivity contribution in [2.24, 2.45) is 14.1 Å². The summed E-state index contributed by atoms with van der Waals surface area (Å²) in [7, 11) is 2.85. The third-order valence-electron chi connectivity index (χ3n) is 5.65. The summed E-state index contributed by atoms with van der Waals surface area (Å²) < 4.78 is 5.09. The fourth-order valence-electron chi connectivity index (χ4n) is 3.88. The summed E-state index contributed by atoms with van der Waals surface area (Å²) >= 11 is 6.27. The van der Waals surface area contributed by atoms with Gasteiger partial charge in [-0.3, -0.25) is 23.3 Å². The predicted molar refractivity (Wildman–Crippen MR) is 133 cm³/mol. The van der Waals surface area contributed by atoms with Crippen molar-refractivity contribution in [2.45, 2.75) is 6.54 Å². The number of aryl methyl sites for hydroxylation is 1. The Morgan fingerprint density at radius 3 is 2.31 bits per heavy atom. The number of carbonyl (C=O) groups is 1. The number of nitrogens with one attached hydrogen (secondary N) is 1. The van der Waals surface area contributed by atoms with Crippen LogP contribution < -0.4 is 16.6 Å². The van der Waals surface area contributed by atoms with Crippen molar-refractivity contribution < 1.29 is 4.79 Å². The van der Waals surface area contributed by atoms with Crippen molar-refractivity contribution in [1.29, 1.82) is 0 Å². The molecule has 5 aromatic rings. The second-order valence-electron chi connectivity index (χ2n) is 7.92. The number of fused-ring (bicyclic) bond motifs is 1. The number of amides is 1. The first kappa shape index (κ1) is 22.4. The highest BCUT2D eigenvalue weighted by Gasteiger charge is 2.21. The molecule has 2 aromatic carbocycles. The van der Waals surface area contributed by atoms with E-state index in [-0.39, 0.29) is 23.0 Å². The first-order valence-corrected chi connectivity index (χ1v) is 11.1. The summed E-state index contributed by atoms with van der Waals surface area (Å²) in [6.07, 6.45) is 0. The molecule has 1 amide bonds. The van der Waals surface area contributed by atoms with Crippen LogP contribution in [-0.4, -0.2) is 34.4 Å². The summed E-state index contributed by atoms with van der Waals surface area (Å²) in [6, 6.07) is 20.8. The minimum absolute atomic E-state index is 0.0660. The van der Waals surface area contributed by atoms with Gasteiger partial charge in [-0.2, -0.15) is 10.1 Å². The van der Waals surface area contributed by atoms with Gasteiger partial charge in [0.1, 0.15) is 12.4 Å². The molecule has 3 heterocycles. The summed E-state index contributed by atoms with van der Waals surface area (Å²) in [6.45, 7) is -0.288. The number of para-hydroxylation sites is 1. The van der Waals surface area contributed by atoms with Crippen LogP contribution >= 0.6 is 11.6 Å². The number of imidazole rings is 1. The monoisotopic (exact) mass is 489 g/mol. The molecule has 5 rings (SSSR count). The molecule has 0 radical (unpaired) electrons. The highest BCUT2D eigenvalue weighted by atomic mass is 35.5. The Labute approximate surface area is 203 Å². The third kappa shape index (κ3) is 3.93. The van der Waals surface area contributed by atoms with E-state index in [0.29, 0.717) is 11.5 Å². The summed E-state index contributed by atoms with van der Waals surface area (Å²) in [5.74, 6) is -0.000280. The van der Waals surface area contributed by atoms with E-state index in [4.69, 9.17) is 11.6 Å². The van der Waals surface area contributed by atoms with E-state index in [1.165, 1.54) is 23.2 Å². The lowest BCUT2D eigenvalue weighted by Crippen LogP contribution is -2.37. The lowest BCUT2D eigenvalue weighted by Gasteiger charge is -2.10. The van der Waals surface area contributed by atoms with E-state index in [0.717, 1.165) is 15.8 Å². The van der Waals surface area contributed by atoms with Gasteiger partial charge >= 0.3 is 5.69 Å². The molecule has 0 unspecified atom stereocenters. The quantitative estimate of drug-likeness (QED) is 0.382. The Morgan fingerprint density at radius 2 is 1.63 bits per heavy atom. The topological polar surface area (TPSA) is 109 Å². The van der Waals surface area contributed by atoms with Crippen molar-refractivity contribution in [3.8, 4) is 16.9 Å². The average Bonchev–Trinajstić information content (AvgIpc) is 3.44. The molecule has 0 saturated heterocycles. The lowest BCUT2D eigenvalue weighted by atomic mass is 10.2. The van der Waals surface area contributed by atoms with Crippen molar-refractivity contribution in [3.63, 3.8) is 0 Å². The molecule has 176 valence electrons.